The average Bonchev–Trinajstić information content (AvgIpc) is 2.73. The summed E-state index contributed by atoms with van der Waals surface area (Å²) >= 11 is 0. The predicted octanol–water partition coefficient (Wildman–Crippen LogP) is 2.97. The molecule has 1 spiro atoms. The maximum Gasteiger partial charge on any atom is 0.0685 e. The summed E-state index contributed by atoms with van der Waals surface area (Å²) in [6, 6.07) is 0. The molecule has 2 saturated carbocycles. The van der Waals surface area contributed by atoms with E-state index in [1.165, 1.54) is 57.9 Å². The molecule has 0 radical (unpaired) electrons. The Morgan fingerprint density at radius 1 is 1.18 bits per heavy atom. The highest BCUT2D eigenvalue weighted by atomic mass is 16.5. The first-order valence-electron chi connectivity index (χ1n) is 7.61. The molecule has 0 aromatic rings. The van der Waals surface area contributed by atoms with Crippen molar-refractivity contribution in [2.24, 2.45) is 17.8 Å². The van der Waals surface area contributed by atoms with E-state index in [0.29, 0.717) is 5.60 Å². The van der Waals surface area contributed by atoms with E-state index in [2.05, 4.69) is 12.4 Å². The lowest BCUT2D eigenvalue weighted by Crippen LogP contribution is -2.45. The van der Waals surface area contributed by atoms with E-state index in [-0.39, 0.29) is 0 Å². The van der Waals surface area contributed by atoms with Crippen LogP contribution in [0.4, 0.5) is 0 Å². The molecule has 0 bridgehead atoms. The summed E-state index contributed by atoms with van der Waals surface area (Å²) in [7, 11) is 2.10. The molecule has 3 unspecified atom stereocenters. The van der Waals surface area contributed by atoms with Gasteiger partial charge in [-0.25, -0.2) is 0 Å². The minimum Gasteiger partial charge on any atom is -0.375 e. The van der Waals surface area contributed by atoms with Crippen LogP contribution in [0.5, 0.6) is 0 Å². The topological polar surface area (TPSA) is 21.3 Å². The summed E-state index contributed by atoms with van der Waals surface area (Å²) in [6.45, 7) is 2.27. The molecule has 2 aliphatic carbocycles. The molecule has 2 nitrogen and oxygen atoms in total. The lowest BCUT2D eigenvalue weighted by atomic mass is 9.63. The predicted molar refractivity (Wildman–Crippen MR) is 70.0 cm³/mol. The van der Waals surface area contributed by atoms with Crippen LogP contribution in [0.3, 0.4) is 0 Å². The molecule has 1 aliphatic heterocycles. The van der Waals surface area contributed by atoms with Crippen LogP contribution in [0.25, 0.3) is 0 Å². The van der Waals surface area contributed by atoms with Crippen molar-refractivity contribution in [3.8, 4) is 0 Å². The normalized spacial score (nSPS) is 40.4. The molecule has 0 aromatic heterocycles. The van der Waals surface area contributed by atoms with Crippen molar-refractivity contribution >= 4 is 0 Å². The molecule has 3 fully saturated rings. The zero-order chi connectivity index (χ0) is 11.7. The number of ether oxygens (including phenoxy) is 1. The molecule has 0 aromatic carbocycles. The fraction of sp³-hybridized carbons (Fsp3) is 1.00. The lowest BCUT2D eigenvalue weighted by Gasteiger charge is -2.48. The van der Waals surface area contributed by atoms with E-state index in [0.717, 1.165) is 24.4 Å². The fourth-order valence-corrected chi connectivity index (χ4v) is 4.53. The molecule has 0 amide bonds. The first-order chi connectivity index (χ1) is 8.33. The molecule has 1 saturated heterocycles. The summed E-state index contributed by atoms with van der Waals surface area (Å²) < 4.78 is 6.15. The summed E-state index contributed by atoms with van der Waals surface area (Å²) in [5.41, 5.74) is 0.322. The molecule has 2 heteroatoms. The number of rotatable bonds is 3. The van der Waals surface area contributed by atoms with E-state index in [9.17, 15) is 0 Å². The van der Waals surface area contributed by atoms with Crippen molar-refractivity contribution in [1.82, 2.24) is 5.32 Å². The standard InChI is InChI=1S/C15H27NO/c1-16-11-13-4-5-14(13)12-6-9-17-15(10-12)7-2-3-8-15/h12-14,16H,2-11H2,1H3. The van der Waals surface area contributed by atoms with Gasteiger partial charge < -0.3 is 10.1 Å². The van der Waals surface area contributed by atoms with Gasteiger partial charge in [-0.15, -0.1) is 0 Å². The quantitative estimate of drug-likeness (QED) is 0.815. The highest BCUT2D eigenvalue weighted by Crippen LogP contribution is 2.49. The van der Waals surface area contributed by atoms with Gasteiger partial charge in [0.2, 0.25) is 0 Å². The molecular formula is C15H27NO. The van der Waals surface area contributed by atoms with Crippen LogP contribution in [0.15, 0.2) is 0 Å². The van der Waals surface area contributed by atoms with Crippen molar-refractivity contribution in [3.05, 3.63) is 0 Å². The van der Waals surface area contributed by atoms with Crippen molar-refractivity contribution in [2.45, 2.75) is 57.0 Å². The Labute approximate surface area is 105 Å². The van der Waals surface area contributed by atoms with Crippen LogP contribution in [0.2, 0.25) is 0 Å². The van der Waals surface area contributed by atoms with Crippen LogP contribution in [0.1, 0.15) is 51.4 Å². The van der Waals surface area contributed by atoms with Gasteiger partial charge in [-0.1, -0.05) is 12.8 Å². The minimum absolute atomic E-state index is 0.322. The molecule has 3 aliphatic rings. The van der Waals surface area contributed by atoms with Gasteiger partial charge in [-0.2, -0.15) is 0 Å². The smallest absolute Gasteiger partial charge is 0.0685 e. The van der Waals surface area contributed by atoms with Gasteiger partial charge in [-0.3, -0.25) is 0 Å². The number of hydrogen-bond donors (Lipinski definition) is 1. The second-order valence-electron chi connectivity index (χ2n) is 6.55. The molecule has 1 N–H and O–H groups in total. The highest BCUT2D eigenvalue weighted by Gasteiger charge is 2.45. The zero-order valence-corrected chi connectivity index (χ0v) is 11.2. The first kappa shape index (κ1) is 12.0. The van der Waals surface area contributed by atoms with E-state index in [1.54, 1.807) is 0 Å². The van der Waals surface area contributed by atoms with E-state index in [1.807, 2.05) is 0 Å². The maximum absolute atomic E-state index is 6.15. The van der Waals surface area contributed by atoms with Crippen LogP contribution in [-0.4, -0.2) is 25.8 Å². The molecule has 3 rings (SSSR count). The Hall–Kier alpha value is -0.0800. The first-order valence-corrected chi connectivity index (χ1v) is 7.61. The number of nitrogens with one attached hydrogen (secondary N) is 1. The van der Waals surface area contributed by atoms with Crippen molar-refractivity contribution < 1.29 is 4.74 Å². The monoisotopic (exact) mass is 237 g/mol. The minimum atomic E-state index is 0.322. The van der Waals surface area contributed by atoms with Crippen LogP contribution in [0, 0.1) is 17.8 Å². The van der Waals surface area contributed by atoms with E-state index >= 15 is 0 Å². The van der Waals surface area contributed by atoms with Gasteiger partial charge in [0.25, 0.3) is 0 Å². The Morgan fingerprint density at radius 2 is 2.00 bits per heavy atom. The van der Waals surface area contributed by atoms with Crippen molar-refractivity contribution in [1.29, 1.82) is 0 Å². The molecular weight excluding hydrogens is 210 g/mol. The average molecular weight is 237 g/mol. The van der Waals surface area contributed by atoms with Gasteiger partial charge in [0.15, 0.2) is 0 Å². The van der Waals surface area contributed by atoms with Gasteiger partial charge in [0, 0.05) is 6.61 Å². The van der Waals surface area contributed by atoms with E-state index in [4.69, 9.17) is 4.74 Å². The van der Waals surface area contributed by atoms with Crippen LogP contribution >= 0.6 is 0 Å². The summed E-state index contributed by atoms with van der Waals surface area (Å²) in [5, 5.41) is 3.37. The largest absolute Gasteiger partial charge is 0.375 e. The van der Waals surface area contributed by atoms with Crippen molar-refractivity contribution in [2.75, 3.05) is 20.2 Å². The van der Waals surface area contributed by atoms with E-state index < -0.39 is 0 Å². The second kappa shape index (κ2) is 4.89. The molecule has 3 atom stereocenters. The van der Waals surface area contributed by atoms with Crippen LogP contribution in [-0.2, 0) is 4.74 Å². The third-order valence-electron chi connectivity index (χ3n) is 5.59. The Morgan fingerprint density at radius 3 is 2.65 bits per heavy atom. The lowest BCUT2D eigenvalue weighted by molar-refractivity contribution is -0.114. The van der Waals surface area contributed by atoms with Crippen LogP contribution < -0.4 is 5.32 Å². The van der Waals surface area contributed by atoms with Crippen molar-refractivity contribution in [3.63, 3.8) is 0 Å². The fourth-order valence-electron chi connectivity index (χ4n) is 4.53. The highest BCUT2D eigenvalue weighted by molar-refractivity contribution is 4.96. The van der Waals surface area contributed by atoms with Gasteiger partial charge in [0.05, 0.1) is 5.60 Å². The third kappa shape index (κ3) is 2.26. The Balaban J connectivity index is 1.60. The molecule has 1 heterocycles. The maximum atomic E-state index is 6.15. The summed E-state index contributed by atoms with van der Waals surface area (Å²) in [6.07, 6.45) is 11.1. The second-order valence-corrected chi connectivity index (χ2v) is 6.55. The molecule has 98 valence electrons. The summed E-state index contributed by atoms with van der Waals surface area (Å²) in [4.78, 5) is 0. The van der Waals surface area contributed by atoms with Gasteiger partial charge >= 0.3 is 0 Å². The van der Waals surface area contributed by atoms with Gasteiger partial charge in [-0.05, 0) is 69.9 Å². The zero-order valence-electron chi connectivity index (χ0n) is 11.2. The third-order valence-corrected chi connectivity index (χ3v) is 5.59. The number of hydrogen-bond acceptors (Lipinski definition) is 2. The Bertz CT molecular complexity index is 260. The molecule has 17 heavy (non-hydrogen) atoms. The summed E-state index contributed by atoms with van der Waals surface area (Å²) in [5.74, 6) is 2.93. The Kier molecular flexibility index (Phi) is 3.45. The SMILES string of the molecule is CNCC1CCC1C1CCOC2(CCCC2)C1. The van der Waals surface area contributed by atoms with Gasteiger partial charge in [0.1, 0.15) is 0 Å².